The number of carbonyl (C=O) groups excluding carboxylic acids is 1. The first kappa shape index (κ1) is 15.3. The second-order valence-electron chi connectivity index (χ2n) is 5.31. The van der Waals surface area contributed by atoms with Crippen LogP contribution in [0.4, 0.5) is 0 Å². The third-order valence-corrected chi connectivity index (χ3v) is 4.45. The van der Waals surface area contributed by atoms with Crippen LogP contribution in [0.1, 0.15) is 34.0 Å². The Morgan fingerprint density at radius 3 is 2.77 bits per heavy atom. The minimum atomic E-state index is -0.175. The van der Waals surface area contributed by atoms with Crippen molar-refractivity contribution in [3.8, 4) is 5.75 Å². The summed E-state index contributed by atoms with van der Waals surface area (Å²) in [7, 11) is 1.66. The highest BCUT2D eigenvalue weighted by atomic mass is 79.9. The minimum absolute atomic E-state index is 0.0983. The molecule has 0 spiro atoms. The second-order valence-corrected chi connectivity index (χ2v) is 6.22. The Bertz CT molecular complexity index is 679. The number of rotatable bonds is 4. The molecular formula is C18H17BrO3. The third kappa shape index (κ3) is 3.23. The summed E-state index contributed by atoms with van der Waals surface area (Å²) in [6.07, 6.45) is 1.04. The van der Waals surface area contributed by atoms with Crippen LogP contribution in [0.3, 0.4) is 0 Å². The van der Waals surface area contributed by atoms with Crippen LogP contribution in [-0.4, -0.2) is 19.5 Å². The molecule has 0 N–H and O–H groups in total. The number of hydrogen-bond donors (Lipinski definition) is 0. The van der Waals surface area contributed by atoms with Crippen molar-refractivity contribution in [2.75, 3.05) is 13.7 Å². The normalized spacial score (nSPS) is 16.9. The van der Waals surface area contributed by atoms with Gasteiger partial charge in [0.25, 0.3) is 0 Å². The van der Waals surface area contributed by atoms with Gasteiger partial charge in [0.2, 0.25) is 0 Å². The highest BCUT2D eigenvalue weighted by Gasteiger charge is 2.24. The zero-order valence-corrected chi connectivity index (χ0v) is 13.9. The van der Waals surface area contributed by atoms with Crippen LogP contribution >= 0.6 is 15.9 Å². The van der Waals surface area contributed by atoms with E-state index < -0.39 is 0 Å². The van der Waals surface area contributed by atoms with Crippen LogP contribution in [0.25, 0.3) is 0 Å². The Morgan fingerprint density at radius 1 is 1.27 bits per heavy atom. The monoisotopic (exact) mass is 360 g/mol. The molecule has 0 unspecified atom stereocenters. The molecule has 2 aromatic carbocycles. The number of ketones is 1. The molecule has 22 heavy (non-hydrogen) atoms. The number of methoxy groups -OCH3 is 1. The van der Waals surface area contributed by atoms with Crippen molar-refractivity contribution in [3.05, 3.63) is 63.6 Å². The number of hydrogen-bond acceptors (Lipinski definition) is 3. The molecule has 0 amide bonds. The van der Waals surface area contributed by atoms with E-state index in [1.807, 2.05) is 42.5 Å². The van der Waals surface area contributed by atoms with Gasteiger partial charge in [0.1, 0.15) is 5.75 Å². The highest BCUT2D eigenvalue weighted by molar-refractivity contribution is 9.10. The second kappa shape index (κ2) is 6.63. The molecule has 2 aromatic rings. The largest absolute Gasteiger partial charge is 0.497 e. The molecule has 0 saturated heterocycles. The minimum Gasteiger partial charge on any atom is -0.497 e. The van der Waals surface area contributed by atoms with E-state index in [2.05, 4.69) is 15.9 Å². The fourth-order valence-electron chi connectivity index (χ4n) is 2.73. The molecule has 1 aliphatic heterocycles. The SMILES string of the molecule is COc1ccc2c(c1)CCO[C@@H]2CC(=O)c1ccc(Br)cc1. The van der Waals surface area contributed by atoms with E-state index in [0.717, 1.165) is 22.2 Å². The summed E-state index contributed by atoms with van der Waals surface area (Å²) in [5.41, 5.74) is 3.02. The molecule has 0 aliphatic carbocycles. The summed E-state index contributed by atoms with van der Waals surface area (Å²) in [6, 6.07) is 13.4. The number of carbonyl (C=O) groups is 1. The zero-order chi connectivity index (χ0) is 15.5. The molecular weight excluding hydrogens is 344 g/mol. The van der Waals surface area contributed by atoms with E-state index in [9.17, 15) is 4.79 Å². The summed E-state index contributed by atoms with van der Waals surface area (Å²) in [5, 5.41) is 0. The topological polar surface area (TPSA) is 35.5 Å². The highest BCUT2D eigenvalue weighted by Crippen LogP contribution is 2.33. The molecule has 0 saturated carbocycles. The fraction of sp³-hybridized carbons (Fsp3) is 0.278. The first-order chi connectivity index (χ1) is 10.7. The fourth-order valence-corrected chi connectivity index (χ4v) is 3.00. The molecule has 3 nitrogen and oxygen atoms in total. The molecule has 0 bridgehead atoms. The van der Waals surface area contributed by atoms with Gasteiger partial charge in [-0.3, -0.25) is 4.79 Å². The van der Waals surface area contributed by atoms with Crippen molar-refractivity contribution in [1.29, 1.82) is 0 Å². The molecule has 3 rings (SSSR count). The molecule has 0 radical (unpaired) electrons. The van der Waals surface area contributed by atoms with E-state index in [0.29, 0.717) is 18.6 Å². The van der Waals surface area contributed by atoms with E-state index in [4.69, 9.17) is 9.47 Å². The number of ether oxygens (including phenoxy) is 2. The standard InChI is InChI=1S/C18H17BrO3/c1-21-15-6-7-16-13(10-15)8-9-22-18(16)11-17(20)12-2-4-14(19)5-3-12/h2-7,10,18H,8-9,11H2,1H3/t18-/m1/s1. The summed E-state index contributed by atoms with van der Waals surface area (Å²) in [4.78, 5) is 12.4. The first-order valence-electron chi connectivity index (χ1n) is 7.24. The van der Waals surface area contributed by atoms with Crippen molar-refractivity contribution in [3.63, 3.8) is 0 Å². The van der Waals surface area contributed by atoms with Gasteiger partial charge in [-0.05, 0) is 41.8 Å². The van der Waals surface area contributed by atoms with Crippen molar-refractivity contribution >= 4 is 21.7 Å². The van der Waals surface area contributed by atoms with E-state index in [1.54, 1.807) is 7.11 Å². The van der Waals surface area contributed by atoms with Gasteiger partial charge in [0, 0.05) is 16.5 Å². The van der Waals surface area contributed by atoms with Crippen LogP contribution in [0, 0.1) is 0 Å². The van der Waals surface area contributed by atoms with Gasteiger partial charge in [0.15, 0.2) is 5.78 Å². The number of fused-ring (bicyclic) bond motifs is 1. The van der Waals surface area contributed by atoms with Gasteiger partial charge in [-0.1, -0.05) is 34.1 Å². The summed E-state index contributed by atoms with van der Waals surface area (Å²) < 4.78 is 12.1. The summed E-state index contributed by atoms with van der Waals surface area (Å²) in [5.74, 6) is 0.944. The Kier molecular flexibility index (Phi) is 4.60. The predicted octanol–water partition coefficient (Wildman–Crippen LogP) is 4.34. The van der Waals surface area contributed by atoms with E-state index >= 15 is 0 Å². The predicted molar refractivity (Wildman–Crippen MR) is 88.5 cm³/mol. The maximum absolute atomic E-state index is 12.4. The van der Waals surface area contributed by atoms with Gasteiger partial charge in [-0.15, -0.1) is 0 Å². The Balaban J connectivity index is 1.79. The van der Waals surface area contributed by atoms with Gasteiger partial charge >= 0.3 is 0 Å². The van der Waals surface area contributed by atoms with Crippen LogP contribution < -0.4 is 4.74 Å². The van der Waals surface area contributed by atoms with Gasteiger partial charge < -0.3 is 9.47 Å². The van der Waals surface area contributed by atoms with Crippen LogP contribution in [0.5, 0.6) is 5.75 Å². The Labute approximate surface area is 138 Å². The first-order valence-corrected chi connectivity index (χ1v) is 8.04. The van der Waals surface area contributed by atoms with E-state index in [1.165, 1.54) is 5.56 Å². The molecule has 1 heterocycles. The molecule has 4 heteroatoms. The average Bonchev–Trinajstić information content (AvgIpc) is 2.55. The Hall–Kier alpha value is -1.65. The lowest BCUT2D eigenvalue weighted by atomic mass is 9.93. The lowest BCUT2D eigenvalue weighted by molar-refractivity contribution is 0.0351. The molecule has 0 aromatic heterocycles. The van der Waals surface area contributed by atoms with Crippen molar-refractivity contribution in [2.45, 2.75) is 18.9 Å². The number of halogens is 1. The summed E-state index contributed by atoms with van der Waals surface area (Å²) in [6.45, 7) is 0.637. The van der Waals surface area contributed by atoms with Crippen LogP contribution in [0.15, 0.2) is 46.9 Å². The molecule has 1 aliphatic rings. The lowest BCUT2D eigenvalue weighted by Gasteiger charge is -2.26. The third-order valence-electron chi connectivity index (χ3n) is 3.92. The van der Waals surface area contributed by atoms with Crippen LogP contribution in [-0.2, 0) is 11.2 Å². The maximum atomic E-state index is 12.4. The molecule has 114 valence electrons. The van der Waals surface area contributed by atoms with Gasteiger partial charge in [-0.2, -0.15) is 0 Å². The number of Topliss-reactive ketones (excluding diaryl/α,β-unsaturated/α-hetero) is 1. The van der Waals surface area contributed by atoms with Crippen molar-refractivity contribution < 1.29 is 14.3 Å². The molecule has 1 atom stereocenters. The quantitative estimate of drug-likeness (QED) is 0.760. The lowest BCUT2D eigenvalue weighted by Crippen LogP contribution is -2.19. The smallest absolute Gasteiger partial charge is 0.165 e. The van der Waals surface area contributed by atoms with Gasteiger partial charge in [0.05, 0.1) is 19.8 Å². The summed E-state index contributed by atoms with van der Waals surface area (Å²) >= 11 is 3.38. The van der Waals surface area contributed by atoms with Crippen molar-refractivity contribution in [2.24, 2.45) is 0 Å². The van der Waals surface area contributed by atoms with E-state index in [-0.39, 0.29) is 11.9 Å². The van der Waals surface area contributed by atoms with Crippen LogP contribution in [0.2, 0.25) is 0 Å². The molecule has 0 fully saturated rings. The van der Waals surface area contributed by atoms with Crippen molar-refractivity contribution in [1.82, 2.24) is 0 Å². The number of benzene rings is 2. The van der Waals surface area contributed by atoms with Gasteiger partial charge in [-0.25, -0.2) is 0 Å². The Morgan fingerprint density at radius 2 is 2.05 bits per heavy atom. The average molecular weight is 361 g/mol. The maximum Gasteiger partial charge on any atom is 0.165 e. The zero-order valence-electron chi connectivity index (χ0n) is 12.3.